The average Bonchev–Trinajstić information content (AvgIpc) is 2.76. The van der Waals surface area contributed by atoms with Gasteiger partial charge in [0, 0.05) is 49.2 Å². The van der Waals surface area contributed by atoms with E-state index in [1.54, 1.807) is 23.4 Å². The molecule has 1 fully saturated rings. The normalized spacial score (nSPS) is 15.3. The third-order valence-corrected chi connectivity index (χ3v) is 5.92. The predicted octanol–water partition coefficient (Wildman–Crippen LogP) is 3.98. The number of aromatic amines is 1. The molecule has 0 bridgehead atoms. The molecule has 9 heteroatoms. The number of likely N-dealkylation sites (tertiary alicyclic amines) is 1. The summed E-state index contributed by atoms with van der Waals surface area (Å²) in [6.07, 6.45) is 1.06. The van der Waals surface area contributed by atoms with Crippen molar-refractivity contribution >= 4 is 16.8 Å². The van der Waals surface area contributed by atoms with Crippen LogP contribution < -0.4 is 5.56 Å². The molecular weight excluding hydrogens is 421 g/mol. The first-order chi connectivity index (χ1) is 15.2. The van der Waals surface area contributed by atoms with Gasteiger partial charge in [-0.2, -0.15) is 13.2 Å². The highest BCUT2D eigenvalue weighted by molar-refractivity contribution is 5.82. The van der Waals surface area contributed by atoms with E-state index < -0.39 is 22.7 Å². The topological polar surface area (TPSA) is 79.0 Å². The van der Waals surface area contributed by atoms with E-state index in [0.717, 1.165) is 11.6 Å². The van der Waals surface area contributed by atoms with Crippen LogP contribution in [0, 0.1) is 6.92 Å². The van der Waals surface area contributed by atoms with Gasteiger partial charge in [-0.3, -0.25) is 19.6 Å². The molecule has 4 rings (SSSR count). The number of carbonyl (C=O) groups is 1. The van der Waals surface area contributed by atoms with Crippen LogP contribution in [-0.2, 0) is 17.4 Å². The number of hydrogen-bond donors (Lipinski definition) is 1. The van der Waals surface area contributed by atoms with E-state index >= 15 is 0 Å². The first kappa shape index (κ1) is 22.0. The third kappa shape index (κ3) is 4.66. The Kier molecular flexibility index (Phi) is 5.99. The fourth-order valence-corrected chi connectivity index (χ4v) is 4.26. The number of aryl methyl sites for hydroxylation is 2. The van der Waals surface area contributed by atoms with E-state index in [2.05, 4.69) is 15.0 Å². The summed E-state index contributed by atoms with van der Waals surface area (Å²) in [5, 5.41) is -0.435. The summed E-state index contributed by atoms with van der Waals surface area (Å²) in [5.74, 6) is 0.0207. The summed E-state index contributed by atoms with van der Waals surface area (Å²) >= 11 is 0. The van der Waals surface area contributed by atoms with Gasteiger partial charge in [-0.05, 0) is 56.0 Å². The molecule has 1 aliphatic rings. The highest BCUT2D eigenvalue weighted by Gasteiger charge is 2.35. The molecule has 0 spiro atoms. The van der Waals surface area contributed by atoms with Crippen molar-refractivity contribution in [1.29, 1.82) is 0 Å². The van der Waals surface area contributed by atoms with Crippen LogP contribution in [0.4, 0.5) is 13.2 Å². The van der Waals surface area contributed by atoms with Crippen molar-refractivity contribution in [3.8, 4) is 0 Å². The van der Waals surface area contributed by atoms with Crippen molar-refractivity contribution in [2.24, 2.45) is 0 Å². The Bertz CT molecular complexity index is 1180. The third-order valence-electron chi connectivity index (χ3n) is 5.92. The summed E-state index contributed by atoms with van der Waals surface area (Å²) < 4.78 is 40.2. The molecule has 0 atom stereocenters. The maximum absolute atomic E-state index is 13.4. The standard InChI is InChI=1S/C23H23F3N4O2/c1-14-12-17(23(24,25)26)21-19(28-14)13-18(29-22(21)32)16-6-10-30(11-7-16)20(31)3-2-15-4-8-27-9-5-15/h4-5,8-9,12-13,16H,2-3,6-7,10-11H2,1H3,(H,29,32). The molecule has 1 N–H and O–H groups in total. The maximum Gasteiger partial charge on any atom is 0.417 e. The van der Waals surface area contributed by atoms with E-state index in [0.29, 0.717) is 44.5 Å². The van der Waals surface area contributed by atoms with Crippen LogP contribution in [0.5, 0.6) is 0 Å². The molecule has 0 aliphatic carbocycles. The molecule has 0 unspecified atom stereocenters. The van der Waals surface area contributed by atoms with Crippen LogP contribution in [-0.4, -0.2) is 38.8 Å². The minimum atomic E-state index is -4.64. The molecule has 168 valence electrons. The second kappa shape index (κ2) is 8.72. The van der Waals surface area contributed by atoms with Gasteiger partial charge in [0.05, 0.1) is 16.5 Å². The lowest BCUT2D eigenvalue weighted by Crippen LogP contribution is -2.38. The van der Waals surface area contributed by atoms with Gasteiger partial charge >= 0.3 is 6.18 Å². The number of rotatable bonds is 4. The van der Waals surface area contributed by atoms with Gasteiger partial charge < -0.3 is 9.88 Å². The van der Waals surface area contributed by atoms with Crippen LogP contribution in [0.25, 0.3) is 10.9 Å². The molecule has 1 amide bonds. The van der Waals surface area contributed by atoms with Crippen molar-refractivity contribution < 1.29 is 18.0 Å². The van der Waals surface area contributed by atoms with Gasteiger partial charge in [0.2, 0.25) is 5.91 Å². The lowest BCUT2D eigenvalue weighted by atomic mass is 9.92. The molecule has 4 heterocycles. The monoisotopic (exact) mass is 444 g/mol. The van der Waals surface area contributed by atoms with Crippen LogP contribution in [0.3, 0.4) is 0 Å². The van der Waals surface area contributed by atoms with E-state index in [1.807, 2.05) is 12.1 Å². The zero-order valence-corrected chi connectivity index (χ0v) is 17.6. The molecule has 0 saturated carbocycles. The van der Waals surface area contributed by atoms with E-state index in [9.17, 15) is 22.8 Å². The quantitative estimate of drug-likeness (QED) is 0.660. The van der Waals surface area contributed by atoms with Gasteiger partial charge in [0.1, 0.15) is 0 Å². The second-order valence-electron chi connectivity index (χ2n) is 8.13. The zero-order valence-electron chi connectivity index (χ0n) is 17.6. The number of halogens is 3. The van der Waals surface area contributed by atoms with E-state index in [1.165, 1.54) is 6.92 Å². The van der Waals surface area contributed by atoms with Gasteiger partial charge in [-0.15, -0.1) is 0 Å². The number of pyridine rings is 3. The molecule has 0 aromatic carbocycles. The van der Waals surface area contributed by atoms with E-state index in [-0.39, 0.29) is 23.0 Å². The first-order valence-corrected chi connectivity index (χ1v) is 10.5. The highest BCUT2D eigenvalue weighted by Crippen LogP contribution is 2.34. The van der Waals surface area contributed by atoms with Gasteiger partial charge in [-0.25, -0.2) is 0 Å². The molecule has 1 saturated heterocycles. The average molecular weight is 444 g/mol. The van der Waals surface area contributed by atoms with Gasteiger partial charge in [0.25, 0.3) is 5.56 Å². The first-order valence-electron chi connectivity index (χ1n) is 10.5. The van der Waals surface area contributed by atoms with Crippen molar-refractivity contribution in [2.45, 2.75) is 44.7 Å². The summed E-state index contributed by atoms with van der Waals surface area (Å²) in [5.41, 5.74) is 0.120. The number of nitrogens with one attached hydrogen (secondary N) is 1. The minimum Gasteiger partial charge on any atom is -0.343 e. The Morgan fingerprint density at radius 3 is 2.53 bits per heavy atom. The largest absolute Gasteiger partial charge is 0.417 e. The van der Waals surface area contributed by atoms with Crippen LogP contribution in [0.2, 0.25) is 0 Å². The number of nitrogens with zero attached hydrogens (tertiary/aromatic N) is 3. The van der Waals surface area contributed by atoms with Crippen LogP contribution >= 0.6 is 0 Å². The fraction of sp³-hybridized carbons (Fsp3) is 0.391. The number of amides is 1. The van der Waals surface area contributed by atoms with Crippen molar-refractivity contribution in [1.82, 2.24) is 19.9 Å². The Balaban J connectivity index is 1.47. The second-order valence-corrected chi connectivity index (χ2v) is 8.13. The predicted molar refractivity (Wildman–Crippen MR) is 113 cm³/mol. The van der Waals surface area contributed by atoms with Crippen LogP contribution in [0.1, 0.15) is 47.7 Å². The van der Waals surface area contributed by atoms with Gasteiger partial charge in [-0.1, -0.05) is 0 Å². The molecule has 6 nitrogen and oxygen atoms in total. The minimum absolute atomic E-state index is 0.0481. The van der Waals surface area contributed by atoms with E-state index in [4.69, 9.17) is 0 Å². The number of aromatic nitrogens is 3. The summed E-state index contributed by atoms with van der Waals surface area (Å²) in [7, 11) is 0. The SMILES string of the molecule is Cc1cc(C(F)(F)F)c2c(=O)[nH]c(C3CCN(C(=O)CCc4ccncc4)CC3)cc2n1. The molecule has 0 radical (unpaired) electrons. The number of carbonyl (C=O) groups excluding carboxylic acids is 1. The molecule has 3 aromatic rings. The zero-order chi connectivity index (χ0) is 22.9. The lowest BCUT2D eigenvalue weighted by molar-refractivity contribution is -0.136. The summed E-state index contributed by atoms with van der Waals surface area (Å²) in [4.78, 5) is 37.7. The molecule has 3 aromatic heterocycles. The lowest BCUT2D eigenvalue weighted by Gasteiger charge is -2.32. The summed E-state index contributed by atoms with van der Waals surface area (Å²) in [6.45, 7) is 2.55. The Morgan fingerprint density at radius 2 is 1.88 bits per heavy atom. The maximum atomic E-state index is 13.4. The molecular formula is C23H23F3N4O2. The number of H-pyrrole nitrogens is 1. The molecule has 32 heavy (non-hydrogen) atoms. The number of piperidine rings is 1. The fourth-order valence-electron chi connectivity index (χ4n) is 4.26. The van der Waals surface area contributed by atoms with Crippen molar-refractivity contribution in [3.63, 3.8) is 0 Å². The number of alkyl halides is 3. The smallest absolute Gasteiger partial charge is 0.343 e. The Hall–Kier alpha value is -3.23. The number of fused-ring (bicyclic) bond motifs is 1. The Morgan fingerprint density at radius 1 is 1.19 bits per heavy atom. The van der Waals surface area contributed by atoms with Crippen LogP contribution in [0.15, 0.2) is 41.5 Å². The summed E-state index contributed by atoms with van der Waals surface area (Å²) in [6, 6.07) is 6.21. The Labute approximate surface area is 182 Å². The van der Waals surface area contributed by atoms with Crippen molar-refractivity contribution in [3.05, 3.63) is 69.5 Å². The van der Waals surface area contributed by atoms with Crippen molar-refractivity contribution in [2.75, 3.05) is 13.1 Å². The highest BCUT2D eigenvalue weighted by atomic mass is 19.4. The molecule has 1 aliphatic heterocycles. The van der Waals surface area contributed by atoms with Gasteiger partial charge in [0.15, 0.2) is 0 Å². The number of hydrogen-bond acceptors (Lipinski definition) is 4.